The van der Waals surface area contributed by atoms with Crippen LogP contribution in [0.4, 0.5) is 5.69 Å². The van der Waals surface area contributed by atoms with Gasteiger partial charge in [-0.2, -0.15) is 14.5 Å². The number of fused-ring (bicyclic) bond motifs is 1. The topological polar surface area (TPSA) is 128 Å². The zero-order chi connectivity index (χ0) is 22.3. The van der Waals surface area contributed by atoms with E-state index in [2.05, 4.69) is 15.5 Å². The fraction of sp³-hybridized carbons (Fsp3) is 0.450. The summed E-state index contributed by atoms with van der Waals surface area (Å²) in [6.07, 6.45) is 9.08. The van der Waals surface area contributed by atoms with E-state index in [0.29, 0.717) is 24.3 Å². The maximum atomic E-state index is 12.1. The molecule has 0 aliphatic carbocycles. The van der Waals surface area contributed by atoms with Crippen LogP contribution in [0.25, 0.3) is 16.6 Å². The number of nitrogens with two attached hydrogens (primary N) is 1. The minimum Gasteiger partial charge on any atom is -0.378 e. The molecule has 166 valence electrons. The van der Waals surface area contributed by atoms with Crippen LogP contribution in [-0.2, 0) is 16.6 Å². The lowest BCUT2D eigenvalue weighted by Gasteiger charge is -2.21. The molecular formula is C20H27N7O3S. The van der Waals surface area contributed by atoms with Gasteiger partial charge in [-0.15, -0.1) is 0 Å². The molecule has 3 aromatic heterocycles. The van der Waals surface area contributed by atoms with Gasteiger partial charge in [0.25, 0.3) is 5.91 Å². The van der Waals surface area contributed by atoms with E-state index in [9.17, 15) is 13.2 Å². The number of carbonyl (C=O) groups excluding carboxylic acids is 1. The molecule has 11 heteroatoms. The van der Waals surface area contributed by atoms with Gasteiger partial charge in [0.15, 0.2) is 0 Å². The van der Waals surface area contributed by atoms with Crippen molar-refractivity contribution in [3.8, 4) is 11.1 Å². The largest absolute Gasteiger partial charge is 0.378 e. The van der Waals surface area contributed by atoms with Gasteiger partial charge < -0.3 is 11.1 Å². The number of hydrogen-bond acceptors (Lipinski definition) is 6. The average Bonchev–Trinajstić information content (AvgIpc) is 3.44. The van der Waals surface area contributed by atoms with Crippen molar-refractivity contribution in [3.05, 3.63) is 36.4 Å². The van der Waals surface area contributed by atoms with E-state index in [-0.39, 0.29) is 17.5 Å². The van der Waals surface area contributed by atoms with Crippen LogP contribution in [0.15, 0.2) is 30.9 Å². The maximum absolute atomic E-state index is 12.1. The van der Waals surface area contributed by atoms with Gasteiger partial charge >= 0.3 is 0 Å². The van der Waals surface area contributed by atoms with Crippen LogP contribution in [0.3, 0.4) is 0 Å². The third-order valence-electron chi connectivity index (χ3n) is 5.92. The zero-order valence-electron chi connectivity index (χ0n) is 17.8. The Labute approximate surface area is 181 Å². The van der Waals surface area contributed by atoms with E-state index in [4.69, 9.17) is 5.73 Å². The second-order valence-electron chi connectivity index (χ2n) is 7.94. The summed E-state index contributed by atoms with van der Waals surface area (Å²) >= 11 is 0. The molecule has 1 aliphatic heterocycles. The van der Waals surface area contributed by atoms with Gasteiger partial charge in [-0.1, -0.05) is 13.3 Å². The number of aryl methyl sites for hydroxylation is 1. The van der Waals surface area contributed by atoms with Gasteiger partial charge in [0.2, 0.25) is 10.0 Å². The Morgan fingerprint density at radius 3 is 2.58 bits per heavy atom. The highest BCUT2D eigenvalue weighted by Crippen LogP contribution is 2.32. The minimum absolute atomic E-state index is 0.112. The number of nitrogens with zero attached hydrogens (tertiary/aromatic N) is 5. The Bertz CT molecular complexity index is 1230. The lowest BCUT2D eigenvalue weighted by Crippen LogP contribution is -2.32. The first-order chi connectivity index (χ1) is 14.7. The first-order valence-corrected chi connectivity index (χ1v) is 12.1. The van der Waals surface area contributed by atoms with Crippen LogP contribution in [0.1, 0.15) is 30.6 Å². The molecule has 2 atom stereocenters. The molecule has 1 aliphatic rings. The summed E-state index contributed by atoms with van der Waals surface area (Å²) in [5.74, 6) is -0.481. The number of amides is 1. The molecule has 10 nitrogen and oxygen atoms in total. The molecule has 1 amide bonds. The number of carbonyl (C=O) groups is 1. The van der Waals surface area contributed by atoms with Crippen LogP contribution < -0.4 is 11.1 Å². The van der Waals surface area contributed by atoms with Gasteiger partial charge in [0, 0.05) is 49.2 Å². The summed E-state index contributed by atoms with van der Waals surface area (Å²) in [4.78, 5) is 12.1. The fourth-order valence-electron chi connectivity index (χ4n) is 4.10. The summed E-state index contributed by atoms with van der Waals surface area (Å²) < 4.78 is 29.1. The molecule has 0 saturated carbocycles. The summed E-state index contributed by atoms with van der Waals surface area (Å²) in [6.45, 7) is 5.59. The van der Waals surface area contributed by atoms with E-state index in [1.54, 1.807) is 10.7 Å². The zero-order valence-corrected chi connectivity index (χ0v) is 18.6. The Balaban J connectivity index is 1.76. The second kappa shape index (κ2) is 7.97. The molecule has 1 fully saturated rings. The Kier molecular flexibility index (Phi) is 5.48. The predicted octanol–water partition coefficient (Wildman–Crippen LogP) is 1.40. The fourth-order valence-corrected chi connectivity index (χ4v) is 5.00. The van der Waals surface area contributed by atoms with Crippen molar-refractivity contribution in [1.82, 2.24) is 23.7 Å². The number of nitrogens with one attached hydrogen (secondary N) is 1. The van der Waals surface area contributed by atoms with Crippen molar-refractivity contribution in [2.45, 2.75) is 32.9 Å². The first-order valence-electron chi connectivity index (χ1n) is 10.3. The quantitative estimate of drug-likeness (QED) is 0.566. The molecule has 0 aromatic carbocycles. The summed E-state index contributed by atoms with van der Waals surface area (Å²) in [7, 11) is -3.30. The molecule has 4 heterocycles. The molecule has 1 saturated heterocycles. The van der Waals surface area contributed by atoms with Gasteiger partial charge in [0.1, 0.15) is 0 Å². The van der Waals surface area contributed by atoms with Crippen molar-refractivity contribution < 1.29 is 13.2 Å². The van der Waals surface area contributed by atoms with Crippen molar-refractivity contribution in [2.24, 2.45) is 11.7 Å². The summed E-state index contributed by atoms with van der Waals surface area (Å²) in [6, 6.07) is 1.79. The Hall–Kier alpha value is -2.92. The SMILES string of the molecule is CC[C@@H]1CN(S(C)(=O)=O)C[C@H]1Nc1c(C(N)=O)cnn2cc(-c3cnn(CC)c3)cc12. The molecule has 3 N–H and O–H groups in total. The van der Waals surface area contributed by atoms with E-state index in [0.717, 1.165) is 24.1 Å². The van der Waals surface area contributed by atoms with Gasteiger partial charge in [-0.3, -0.25) is 9.48 Å². The van der Waals surface area contributed by atoms with Crippen molar-refractivity contribution in [2.75, 3.05) is 24.7 Å². The predicted molar refractivity (Wildman–Crippen MR) is 118 cm³/mol. The molecule has 0 bridgehead atoms. The second-order valence-corrected chi connectivity index (χ2v) is 9.92. The summed E-state index contributed by atoms with van der Waals surface area (Å²) in [5, 5.41) is 12.1. The number of primary amides is 1. The minimum atomic E-state index is -3.30. The number of aromatic nitrogens is 4. The third kappa shape index (κ3) is 4.02. The van der Waals surface area contributed by atoms with Crippen LogP contribution in [-0.4, -0.2) is 63.4 Å². The highest BCUT2D eigenvalue weighted by molar-refractivity contribution is 7.88. The van der Waals surface area contributed by atoms with Gasteiger partial charge in [-0.05, 0) is 18.9 Å². The van der Waals surface area contributed by atoms with E-state index < -0.39 is 15.9 Å². The number of hydrogen-bond donors (Lipinski definition) is 2. The molecule has 0 spiro atoms. The number of sulfonamides is 1. The highest BCUT2D eigenvalue weighted by Gasteiger charge is 2.36. The average molecular weight is 446 g/mol. The van der Waals surface area contributed by atoms with E-state index >= 15 is 0 Å². The third-order valence-corrected chi connectivity index (χ3v) is 7.16. The Morgan fingerprint density at radius 2 is 1.97 bits per heavy atom. The van der Waals surface area contributed by atoms with E-state index in [1.807, 2.05) is 37.0 Å². The normalized spacial score (nSPS) is 19.8. The summed E-state index contributed by atoms with van der Waals surface area (Å²) in [5.41, 5.74) is 9.02. The van der Waals surface area contributed by atoms with Crippen molar-refractivity contribution in [3.63, 3.8) is 0 Å². The Morgan fingerprint density at radius 1 is 1.19 bits per heavy atom. The van der Waals surface area contributed by atoms with Crippen molar-refractivity contribution in [1.29, 1.82) is 0 Å². The maximum Gasteiger partial charge on any atom is 0.252 e. The molecular weight excluding hydrogens is 418 g/mol. The van der Waals surface area contributed by atoms with E-state index in [1.165, 1.54) is 16.8 Å². The highest BCUT2D eigenvalue weighted by atomic mass is 32.2. The first kappa shape index (κ1) is 21.3. The van der Waals surface area contributed by atoms with Crippen molar-refractivity contribution >= 4 is 27.1 Å². The molecule has 4 rings (SSSR count). The van der Waals surface area contributed by atoms with Gasteiger partial charge in [-0.25, -0.2) is 12.9 Å². The smallest absolute Gasteiger partial charge is 0.252 e. The van der Waals surface area contributed by atoms with Gasteiger partial charge in [0.05, 0.1) is 35.4 Å². The molecule has 0 radical (unpaired) electrons. The lowest BCUT2D eigenvalue weighted by atomic mass is 10.00. The molecule has 0 unspecified atom stereocenters. The standard InChI is InChI=1S/C20H27N7O3S/c1-4-13-10-26(31(3,29)30)12-17(13)24-19-16(20(21)28)8-23-27-11-14(6-18(19)27)15-7-22-25(5-2)9-15/h6-9,11,13,17,24H,4-5,10,12H2,1-3H3,(H2,21,28)/t13-,17-/m1/s1. The monoisotopic (exact) mass is 445 g/mol. The molecule has 3 aromatic rings. The number of rotatable bonds is 7. The van der Waals surface area contributed by atoms with Crippen LogP contribution in [0.5, 0.6) is 0 Å². The lowest BCUT2D eigenvalue weighted by molar-refractivity contribution is 0.100. The molecule has 31 heavy (non-hydrogen) atoms. The van der Waals surface area contributed by atoms with Crippen LogP contribution >= 0.6 is 0 Å². The van der Waals surface area contributed by atoms with Crippen LogP contribution in [0.2, 0.25) is 0 Å². The van der Waals surface area contributed by atoms with Crippen LogP contribution in [0, 0.1) is 5.92 Å². The number of anilines is 1.